The molecular weight excluding hydrogens is 276 g/mol. The average molecular weight is 298 g/mol. The van der Waals surface area contributed by atoms with Crippen LogP contribution in [-0.2, 0) is 28.6 Å². The first-order valence-electron chi connectivity index (χ1n) is 7.23. The molecule has 0 unspecified atom stereocenters. The largest absolute Gasteiger partial charge is 0.459 e. The number of hydrogen-bond acceptors (Lipinski definition) is 6. The lowest BCUT2D eigenvalue weighted by molar-refractivity contribution is -0.162. The van der Waals surface area contributed by atoms with Gasteiger partial charge in [0.15, 0.2) is 16.8 Å². The summed E-state index contributed by atoms with van der Waals surface area (Å²) < 4.78 is 15.9. The highest BCUT2D eigenvalue weighted by Gasteiger charge is 2.65. The minimum atomic E-state index is -1.34. The van der Waals surface area contributed by atoms with E-state index in [0.717, 1.165) is 0 Å². The van der Waals surface area contributed by atoms with Crippen molar-refractivity contribution in [2.45, 2.75) is 52.2 Å². The molecule has 2 aliphatic rings. The number of cyclic esters (lactones) is 2. The number of esters is 2. The second-order valence-corrected chi connectivity index (χ2v) is 6.60. The summed E-state index contributed by atoms with van der Waals surface area (Å²) in [5.74, 6) is -1.14. The zero-order chi connectivity index (χ0) is 15.8. The van der Waals surface area contributed by atoms with Crippen molar-refractivity contribution >= 4 is 17.7 Å². The molecule has 3 atom stereocenters. The first-order valence-corrected chi connectivity index (χ1v) is 7.23. The minimum absolute atomic E-state index is 0.0493. The van der Waals surface area contributed by atoms with E-state index in [1.54, 1.807) is 0 Å². The van der Waals surface area contributed by atoms with Crippen LogP contribution in [0, 0.1) is 11.3 Å². The maximum absolute atomic E-state index is 12.1. The van der Waals surface area contributed by atoms with Crippen molar-refractivity contribution in [1.82, 2.24) is 0 Å². The van der Waals surface area contributed by atoms with E-state index in [1.807, 2.05) is 13.8 Å². The summed E-state index contributed by atoms with van der Waals surface area (Å²) in [7, 11) is 0. The minimum Gasteiger partial charge on any atom is -0.459 e. The zero-order valence-electron chi connectivity index (χ0n) is 12.9. The fraction of sp³-hybridized carbons (Fsp3) is 0.800. The Balaban J connectivity index is 2.05. The van der Waals surface area contributed by atoms with E-state index in [0.29, 0.717) is 12.5 Å². The third-order valence-corrected chi connectivity index (χ3v) is 4.09. The van der Waals surface area contributed by atoms with E-state index in [4.69, 9.17) is 14.2 Å². The second-order valence-electron chi connectivity index (χ2n) is 6.60. The Kier molecular flexibility index (Phi) is 4.10. The molecule has 6 heteroatoms. The zero-order valence-corrected chi connectivity index (χ0v) is 12.9. The second kappa shape index (κ2) is 5.40. The molecule has 0 aromatic heterocycles. The Morgan fingerprint density at radius 2 is 2.05 bits per heavy atom. The average Bonchev–Trinajstić information content (AvgIpc) is 2.79. The van der Waals surface area contributed by atoms with Crippen LogP contribution in [0.4, 0.5) is 0 Å². The van der Waals surface area contributed by atoms with Gasteiger partial charge in [-0.05, 0) is 19.8 Å². The van der Waals surface area contributed by atoms with Gasteiger partial charge in [0, 0.05) is 19.4 Å². The molecule has 0 radical (unpaired) electrons. The standard InChI is InChI=1S/C15H22O6/c1-9(2)6-19-7-11-5-15(12(17)20-11)8-14(4,10(3)16)21-13(15)18/h9,11H,5-8H2,1-4H3/t11-,14-,15+/m1/s1. The molecule has 2 heterocycles. The van der Waals surface area contributed by atoms with Crippen LogP contribution < -0.4 is 0 Å². The van der Waals surface area contributed by atoms with Crippen molar-refractivity contribution in [3.8, 4) is 0 Å². The number of hydrogen-bond donors (Lipinski definition) is 0. The van der Waals surface area contributed by atoms with Gasteiger partial charge in [0.2, 0.25) is 0 Å². The van der Waals surface area contributed by atoms with Gasteiger partial charge in [0.05, 0.1) is 6.61 Å². The van der Waals surface area contributed by atoms with Crippen LogP contribution in [-0.4, -0.2) is 42.6 Å². The molecule has 0 bridgehead atoms. The normalized spacial score (nSPS) is 35.4. The molecule has 21 heavy (non-hydrogen) atoms. The molecule has 2 rings (SSSR count). The Hall–Kier alpha value is -1.43. The molecule has 0 aromatic carbocycles. The van der Waals surface area contributed by atoms with Gasteiger partial charge in [0.25, 0.3) is 0 Å². The van der Waals surface area contributed by atoms with Gasteiger partial charge in [-0.3, -0.25) is 14.4 Å². The van der Waals surface area contributed by atoms with E-state index < -0.39 is 29.1 Å². The lowest BCUT2D eigenvalue weighted by Crippen LogP contribution is -2.35. The van der Waals surface area contributed by atoms with Gasteiger partial charge < -0.3 is 14.2 Å². The molecular formula is C15H22O6. The van der Waals surface area contributed by atoms with Crippen molar-refractivity contribution in [2.24, 2.45) is 11.3 Å². The summed E-state index contributed by atoms with van der Waals surface area (Å²) in [5, 5.41) is 0. The summed E-state index contributed by atoms with van der Waals surface area (Å²) in [5.41, 5.74) is -2.57. The first-order chi connectivity index (χ1) is 9.69. The van der Waals surface area contributed by atoms with Crippen molar-refractivity contribution in [1.29, 1.82) is 0 Å². The van der Waals surface area contributed by atoms with Gasteiger partial charge in [0.1, 0.15) is 6.10 Å². The predicted molar refractivity (Wildman–Crippen MR) is 72.4 cm³/mol. The Labute approximate surface area is 124 Å². The van der Waals surface area contributed by atoms with E-state index in [9.17, 15) is 14.4 Å². The Morgan fingerprint density at radius 3 is 2.57 bits per heavy atom. The number of ketones is 1. The Bertz CT molecular complexity index is 471. The molecule has 2 saturated heterocycles. The van der Waals surface area contributed by atoms with Crippen LogP contribution in [0.15, 0.2) is 0 Å². The molecule has 118 valence electrons. The summed E-state index contributed by atoms with van der Waals surface area (Å²) in [6.45, 7) is 7.77. The van der Waals surface area contributed by atoms with Crippen LogP contribution in [0.3, 0.4) is 0 Å². The number of carbonyl (C=O) groups excluding carboxylic acids is 3. The van der Waals surface area contributed by atoms with E-state index in [2.05, 4.69) is 0 Å². The third kappa shape index (κ3) is 2.81. The molecule has 0 aromatic rings. The van der Waals surface area contributed by atoms with E-state index in [-0.39, 0.29) is 25.2 Å². The van der Waals surface area contributed by atoms with Crippen LogP contribution >= 0.6 is 0 Å². The summed E-state index contributed by atoms with van der Waals surface area (Å²) in [4.78, 5) is 35.9. The molecule has 2 aliphatic heterocycles. The van der Waals surface area contributed by atoms with Gasteiger partial charge in [-0.1, -0.05) is 13.8 Å². The maximum atomic E-state index is 12.1. The van der Waals surface area contributed by atoms with Gasteiger partial charge in [-0.2, -0.15) is 0 Å². The van der Waals surface area contributed by atoms with Gasteiger partial charge >= 0.3 is 11.9 Å². The molecule has 0 saturated carbocycles. The first kappa shape index (κ1) is 15.9. The molecule has 0 aliphatic carbocycles. The lowest BCUT2D eigenvalue weighted by Gasteiger charge is -2.18. The molecule has 2 fully saturated rings. The molecule has 0 amide bonds. The van der Waals surface area contributed by atoms with Gasteiger partial charge in [-0.15, -0.1) is 0 Å². The summed E-state index contributed by atoms with van der Waals surface area (Å²) >= 11 is 0. The monoisotopic (exact) mass is 298 g/mol. The Morgan fingerprint density at radius 1 is 1.38 bits per heavy atom. The van der Waals surface area contributed by atoms with E-state index >= 15 is 0 Å². The highest BCUT2D eigenvalue weighted by atomic mass is 16.6. The van der Waals surface area contributed by atoms with Crippen molar-refractivity contribution in [2.75, 3.05) is 13.2 Å². The summed E-state index contributed by atoms with van der Waals surface area (Å²) in [6.07, 6.45) is -0.197. The molecule has 6 nitrogen and oxygen atoms in total. The quantitative estimate of drug-likeness (QED) is 0.561. The molecule has 0 N–H and O–H groups in total. The van der Waals surface area contributed by atoms with Crippen LogP contribution in [0.25, 0.3) is 0 Å². The summed E-state index contributed by atoms with van der Waals surface area (Å²) in [6, 6.07) is 0. The number of rotatable bonds is 5. The molecule has 1 spiro atoms. The smallest absolute Gasteiger partial charge is 0.324 e. The van der Waals surface area contributed by atoms with Crippen LogP contribution in [0.5, 0.6) is 0 Å². The topological polar surface area (TPSA) is 78.9 Å². The van der Waals surface area contributed by atoms with E-state index in [1.165, 1.54) is 13.8 Å². The fourth-order valence-corrected chi connectivity index (χ4v) is 2.80. The predicted octanol–water partition coefficient (Wildman–Crippen LogP) is 1.26. The van der Waals surface area contributed by atoms with Gasteiger partial charge in [-0.25, -0.2) is 0 Å². The van der Waals surface area contributed by atoms with Crippen LogP contribution in [0.1, 0.15) is 40.5 Å². The van der Waals surface area contributed by atoms with Crippen molar-refractivity contribution in [3.63, 3.8) is 0 Å². The SMILES string of the molecule is CC(=O)[C@@]1(C)C[C@]2(C[C@H](COCC(C)C)OC2=O)C(=O)O1. The lowest BCUT2D eigenvalue weighted by atomic mass is 9.77. The fourth-order valence-electron chi connectivity index (χ4n) is 2.80. The maximum Gasteiger partial charge on any atom is 0.324 e. The highest BCUT2D eigenvalue weighted by Crippen LogP contribution is 2.49. The van der Waals surface area contributed by atoms with Crippen molar-refractivity contribution in [3.05, 3.63) is 0 Å². The number of ether oxygens (including phenoxy) is 3. The van der Waals surface area contributed by atoms with Crippen molar-refractivity contribution < 1.29 is 28.6 Å². The number of carbonyl (C=O) groups is 3. The highest BCUT2D eigenvalue weighted by molar-refractivity contribution is 6.06. The van der Waals surface area contributed by atoms with Crippen LogP contribution in [0.2, 0.25) is 0 Å². The third-order valence-electron chi connectivity index (χ3n) is 4.09. The number of Topliss-reactive ketones (excluding diaryl/α,β-unsaturated/α-hetero) is 1.